The topological polar surface area (TPSA) is 110 Å². The second-order valence-corrected chi connectivity index (χ2v) is 12.0. The molecule has 212 valence electrons. The van der Waals surface area contributed by atoms with Gasteiger partial charge in [-0.3, -0.25) is 0 Å². The normalized spacial score (nSPS) is 15.5. The molecule has 1 aliphatic carbocycles. The van der Waals surface area contributed by atoms with Gasteiger partial charge in [-0.1, -0.05) is 52.4 Å². The highest BCUT2D eigenvalue weighted by Crippen LogP contribution is 2.44. The van der Waals surface area contributed by atoms with E-state index in [-0.39, 0.29) is 44.3 Å². The quantitative estimate of drug-likeness (QED) is 0.370. The van der Waals surface area contributed by atoms with Gasteiger partial charge in [-0.15, -0.1) is 3.89 Å². The highest BCUT2D eigenvalue weighted by atomic mass is 32.3. The lowest BCUT2D eigenvalue weighted by atomic mass is 9.98. The lowest BCUT2D eigenvalue weighted by Gasteiger charge is -2.36. The number of carbonyl (C=O) groups is 1. The largest absolute Gasteiger partial charge is 0.488 e. The van der Waals surface area contributed by atoms with Crippen molar-refractivity contribution in [3.05, 3.63) is 82.9 Å². The SMILES string of the molecule is Cc1c(CS(=O)(=O)F)cc(OS(=O)(=O)F)cc1N1CCN(C(=O)OCC2c3ccccc3-c3ccccc32)CC1. The number of amides is 1. The van der Waals surface area contributed by atoms with Crippen molar-refractivity contribution in [2.45, 2.75) is 18.6 Å². The predicted octanol–water partition coefficient (Wildman–Crippen LogP) is 4.46. The van der Waals surface area contributed by atoms with Gasteiger partial charge >= 0.3 is 26.8 Å². The third-order valence-electron chi connectivity index (χ3n) is 7.20. The first-order chi connectivity index (χ1) is 18.9. The Kier molecular flexibility index (Phi) is 7.44. The van der Waals surface area contributed by atoms with E-state index >= 15 is 0 Å². The van der Waals surface area contributed by atoms with E-state index in [1.807, 2.05) is 36.4 Å². The molecular formula is C27H26F2N2O7S2. The zero-order chi connectivity index (χ0) is 28.7. The highest BCUT2D eigenvalue weighted by Gasteiger charge is 2.31. The van der Waals surface area contributed by atoms with Gasteiger partial charge < -0.3 is 18.7 Å². The van der Waals surface area contributed by atoms with Crippen LogP contribution in [0.2, 0.25) is 0 Å². The molecular weight excluding hydrogens is 566 g/mol. The van der Waals surface area contributed by atoms with E-state index in [1.165, 1.54) is 11.0 Å². The van der Waals surface area contributed by atoms with E-state index in [0.717, 1.165) is 28.3 Å². The maximum Gasteiger partial charge on any atom is 0.488 e. The summed E-state index contributed by atoms with van der Waals surface area (Å²) in [4.78, 5) is 16.3. The molecule has 13 heteroatoms. The van der Waals surface area contributed by atoms with Gasteiger partial charge in [0.15, 0.2) is 0 Å². The molecule has 1 aliphatic heterocycles. The predicted molar refractivity (Wildman–Crippen MR) is 144 cm³/mol. The summed E-state index contributed by atoms with van der Waals surface area (Å²) >= 11 is 0. The number of fused-ring (bicyclic) bond motifs is 3. The molecule has 0 N–H and O–H groups in total. The summed E-state index contributed by atoms with van der Waals surface area (Å²) in [6.07, 6.45) is -0.483. The summed E-state index contributed by atoms with van der Waals surface area (Å²) in [5.74, 6) is -1.60. The number of anilines is 1. The maximum absolute atomic E-state index is 13.5. The van der Waals surface area contributed by atoms with E-state index < -0.39 is 38.3 Å². The minimum absolute atomic E-state index is 0.0717. The average Bonchev–Trinajstić information content (AvgIpc) is 3.21. The van der Waals surface area contributed by atoms with Gasteiger partial charge in [0.25, 0.3) is 0 Å². The third kappa shape index (κ3) is 6.04. The molecule has 0 spiro atoms. The number of piperazine rings is 1. The second-order valence-electron chi connectivity index (χ2n) is 9.66. The number of hydrogen-bond acceptors (Lipinski definition) is 8. The number of rotatable bonds is 7. The molecule has 40 heavy (non-hydrogen) atoms. The minimum Gasteiger partial charge on any atom is -0.448 e. The number of nitrogens with zero attached hydrogens (tertiary/aromatic N) is 2. The Hall–Kier alpha value is -3.71. The van der Waals surface area contributed by atoms with E-state index in [9.17, 15) is 29.4 Å². The molecule has 9 nitrogen and oxygen atoms in total. The highest BCUT2D eigenvalue weighted by molar-refractivity contribution is 7.85. The van der Waals surface area contributed by atoms with Gasteiger partial charge in [0, 0.05) is 43.9 Å². The van der Waals surface area contributed by atoms with Gasteiger partial charge in [0.1, 0.15) is 18.1 Å². The molecule has 1 saturated heterocycles. The summed E-state index contributed by atoms with van der Waals surface area (Å²) in [6, 6.07) is 18.2. The second kappa shape index (κ2) is 10.7. The van der Waals surface area contributed by atoms with Gasteiger partial charge in [0.05, 0.1) is 0 Å². The van der Waals surface area contributed by atoms with Crippen molar-refractivity contribution in [3.63, 3.8) is 0 Å². The van der Waals surface area contributed by atoms with Crippen molar-refractivity contribution in [2.75, 3.05) is 37.7 Å². The van der Waals surface area contributed by atoms with Gasteiger partial charge in [0.2, 0.25) is 0 Å². The molecule has 2 aliphatic rings. The molecule has 3 aromatic carbocycles. The Morgan fingerprint density at radius 2 is 1.48 bits per heavy atom. The first-order valence-electron chi connectivity index (χ1n) is 12.4. The Bertz CT molecular complexity index is 1630. The molecule has 0 radical (unpaired) electrons. The van der Waals surface area contributed by atoms with Crippen LogP contribution in [0.25, 0.3) is 11.1 Å². The standard InChI is InChI=1S/C27H26F2N2O7S2/c1-18-19(17-39(28,33)34)14-20(38-40(29,35)36)15-26(18)30-10-12-31(13-11-30)27(32)37-16-25-23-8-4-2-6-21(23)22-7-3-5-9-24(22)25/h2-9,14-15,25H,10-13,16-17H2,1H3. The van der Waals surface area contributed by atoms with Crippen LogP contribution < -0.4 is 9.08 Å². The fourth-order valence-corrected chi connectivity index (χ4v) is 6.37. The van der Waals surface area contributed by atoms with Crippen molar-refractivity contribution >= 4 is 32.5 Å². The van der Waals surface area contributed by atoms with Gasteiger partial charge in [-0.05, 0) is 46.4 Å². The fourth-order valence-electron chi connectivity index (χ4n) is 5.37. The number of benzene rings is 3. The summed E-state index contributed by atoms with van der Waals surface area (Å²) in [5, 5.41) is 0. The van der Waals surface area contributed by atoms with Crippen LogP contribution >= 0.6 is 0 Å². The lowest BCUT2D eigenvalue weighted by Crippen LogP contribution is -2.49. The number of halogens is 2. The smallest absolute Gasteiger partial charge is 0.448 e. The van der Waals surface area contributed by atoms with Crippen molar-refractivity contribution in [3.8, 4) is 16.9 Å². The van der Waals surface area contributed by atoms with Crippen LogP contribution in [-0.2, 0) is 31.2 Å². The first kappa shape index (κ1) is 27.8. The number of hydrogen-bond donors (Lipinski definition) is 0. The zero-order valence-electron chi connectivity index (χ0n) is 21.4. The van der Waals surface area contributed by atoms with Gasteiger partial charge in [-0.25, -0.2) is 4.79 Å². The van der Waals surface area contributed by atoms with Crippen LogP contribution in [0.1, 0.15) is 28.2 Å². The van der Waals surface area contributed by atoms with Crippen molar-refractivity contribution < 1.29 is 38.3 Å². The van der Waals surface area contributed by atoms with Crippen LogP contribution in [0.5, 0.6) is 5.75 Å². The molecule has 1 amide bonds. The van der Waals surface area contributed by atoms with E-state index in [2.05, 4.69) is 16.3 Å². The van der Waals surface area contributed by atoms with Crippen molar-refractivity contribution in [1.29, 1.82) is 0 Å². The van der Waals surface area contributed by atoms with E-state index in [4.69, 9.17) is 4.74 Å². The number of carbonyl (C=O) groups excluding carboxylic acids is 1. The van der Waals surface area contributed by atoms with E-state index in [1.54, 1.807) is 11.8 Å². The first-order valence-corrected chi connectivity index (χ1v) is 15.3. The maximum atomic E-state index is 13.5. The fraction of sp³-hybridized carbons (Fsp3) is 0.296. The summed E-state index contributed by atoms with van der Waals surface area (Å²) in [7, 11) is -10.4. The summed E-state index contributed by atoms with van der Waals surface area (Å²) in [5.41, 5.74) is 5.06. The Balaban J connectivity index is 1.27. The zero-order valence-corrected chi connectivity index (χ0v) is 23.1. The number of ether oxygens (including phenoxy) is 1. The summed E-state index contributed by atoms with van der Waals surface area (Å²) < 4.78 is 81.3. The molecule has 3 aromatic rings. The van der Waals surface area contributed by atoms with Crippen LogP contribution in [0, 0.1) is 6.92 Å². The molecule has 0 unspecified atom stereocenters. The monoisotopic (exact) mass is 592 g/mol. The van der Waals surface area contributed by atoms with Crippen LogP contribution in [-0.4, -0.2) is 60.6 Å². The molecule has 0 aromatic heterocycles. The van der Waals surface area contributed by atoms with Crippen molar-refractivity contribution in [2.24, 2.45) is 0 Å². The average molecular weight is 593 g/mol. The summed E-state index contributed by atoms with van der Waals surface area (Å²) in [6.45, 7) is 2.77. The molecule has 1 heterocycles. The Morgan fingerprint density at radius 1 is 0.900 bits per heavy atom. The molecule has 0 bridgehead atoms. The Labute approximate surface area is 231 Å². The minimum atomic E-state index is -5.40. The van der Waals surface area contributed by atoms with Crippen LogP contribution in [0.3, 0.4) is 0 Å². The van der Waals surface area contributed by atoms with Crippen LogP contribution in [0.15, 0.2) is 60.7 Å². The lowest BCUT2D eigenvalue weighted by molar-refractivity contribution is 0.0976. The Morgan fingerprint density at radius 3 is 2.02 bits per heavy atom. The molecule has 5 rings (SSSR count). The molecule has 0 atom stereocenters. The molecule has 1 fully saturated rings. The van der Waals surface area contributed by atoms with Crippen LogP contribution in [0.4, 0.5) is 18.3 Å². The third-order valence-corrected chi connectivity index (χ3v) is 8.25. The van der Waals surface area contributed by atoms with Crippen molar-refractivity contribution in [1.82, 2.24) is 4.90 Å². The van der Waals surface area contributed by atoms with E-state index in [0.29, 0.717) is 11.3 Å². The molecule has 0 saturated carbocycles. The van der Waals surface area contributed by atoms with Gasteiger partial charge in [-0.2, -0.15) is 16.8 Å².